The van der Waals surface area contributed by atoms with Gasteiger partial charge in [-0.05, 0) is 6.42 Å². The number of carboxylic acid groups (broad SMARTS) is 1. The molecule has 0 fully saturated rings. The molecule has 86 valence electrons. The number of hydrogen-bond donors (Lipinski definition) is 3. The van der Waals surface area contributed by atoms with Gasteiger partial charge >= 0.3 is 11.9 Å². The van der Waals surface area contributed by atoms with Gasteiger partial charge in [-0.3, -0.25) is 14.4 Å². The zero-order valence-corrected chi connectivity index (χ0v) is 8.96. The van der Waals surface area contributed by atoms with Gasteiger partial charge in [-0.1, -0.05) is 12.8 Å². The monoisotopic (exact) mass is 235 g/mol. The Labute approximate surface area is 92.5 Å². The Morgan fingerprint density at radius 1 is 1.20 bits per heavy atom. The first kappa shape index (κ1) is 13.8. The number of carboxylic acids is 1. The lowest BCUT2D eigenvalue weighted by atomic mass is 10.3. The summed E-state index contributed by atoms with van der Waals surface area (Å²) in [4.78, 5) is 31.7. The summed E-state index contributed by atoms with van der Waals surface area (Å²) in [7, 11) is 0. The van der Waals surface area contributed by atoms with Crippen molar-refractivity contribution in [2.45, 2.75) is 25.7 Å². The summed E-state index contributed by atoms with van der Waals surface area (Å²) >= 11 is 3.51. The van der Waals surface area contributed by atoms with Crippen LogP contribution >= 0.6 is 12.8 Å². The summed E-state index contributed by atoms with van der Waals surface area (Å²) in [6.07, 6.45) is 0.227. The van der Waals surface area contributed by atoms with Crippen LogP contribution in [0.5, 0.6) is 0 Å². The van der Waals surface area contributed by atoms with Crippen molar-refractivity contribution in [1.29, 1.82) is 0 Å². The van der Waals surface area contributed by atoms with Crippen LogP contribution in [0.4, 0.5) is 0 Å². The van der Waals surface area contributed by atoms with Crippen LogP contribution in [0.25, 0.3) is 0 Å². The van der Waals surface area contributed by atoms with E-state index in [0.717, 1.165) is 0 Å². The van der Waals surface area contributed by atoms with Gasteiger partial charge < -0.3 is 14.6 Å². The molecule has 0 saturated heterocycles. The van der Waals surface area contributed by atoms with Crippen LogP contribution in [0.3, 0.4) is 0 Å². The van der Waals surface area contributed by atoms with Gasteiger partial charge in [0.2, 0.25) is 5.91 Å². The molecule has 0 aromatic rings. The van der Waals surface area contributed by atoms with Crippen molar-refractivity contribution in [3.8, 4) is 0 Å². The first-order chi connectivity index (χ1) is 7.06. The molecule has 0 saturated carbocycles. The molecule has 0 spiro atoms. The molecule has 0 heterocycles. The molecule has 0 aliphatic heterocycles. The third-order valence-electron chi connectivity index (χ3n) is 1.48. The highest BCUT2D eigenvalue weighted by Crippen LogP contribution is 1.96. The van der Waals surface area contributed by atoms with Crippen molar-refractivity contribution in [2.75, 3.05) is 6.61 Å². The summed E-state index contributed by atoms with van der Waals surface area (Å²) in [5, 5.41) is 8.28. The van der Waals surface area contributed by atoms with E-state index in [9.17, 15) is 14.4 Å². The lowest BCUT2D eigenvalue weighted by Crippen LogP contribution is -2.15. The van der Waals surface area contributed by atoms with E-state index in [1.165, 1.54) is 0 Å². The van der Waals surface area contributed by atoms with Gasteiger partial charge in [0.05, 0.1) is 13.0 Å². The molecule has 0 aliphatic rings. The fourth-order valence-electron chi connectivity index (χ4n) is 0.753. The van der Waals surface area contributed by atoms with Crippen LogP contribution in [-0.4, -0.2) is 29.6 Å². The normalized spacial score (nSPS) is 9.40. The van der Waals surface area contributed by atoms with Crippen LogP contribution < -0.4 is 4.72 Å². The molecule has 7 heteroatoms. The van der Waals surface area contributed by atoms with Gasteiger partial charge in [-0.25, -0.2) is 0 Å². The molecule has 0 aromatic heterocycles. The Hall–Kier alpha value is -1.24. The van der Waals surface area contributed by atoms with E-state index in [-0.39, 0.29) is 38.2 Å². The Balaban J connectivity index is 3.41. The summed E-state index contributed by atoms with van der Waals surface area (Å²) in [5.41, 5.74) is 0. The predicted octanol–water partition coefficient (Wildman–Crippen LogP) is 0.136. The van der Waals surface area contributed by atoms with E-state index in [0.29, 0.717) is 0 Å². The van der Waals surface area contributed by atoms with Crippen LogP contribution in [0.2, 0.25) is 0 Å². The van der Waals surface area contributed by atoms with E-state index in [2.05, 4.69) is 22.3 Å². The van der Waals surface area contributed by atoms with Crippen molar-refractivity contribution in [1.82, 2.24) is 4.72 Å². The molecular weight excluding hydrogens is 222 g/mol. The zero-order valence-electron chi connectivity index (χ0n) is 8.06. The van der Waals surface area contributed by atoms with Gasteiger partial charge in [0.25, 0.3) is 0 Å². The second kappa shape index (κ2) is 8.10. The number of carbonyl (C=O) groups excluding carboxylic acids is 2. The Morgan fingerprint density at radius 3 is 2.40 bits per heavy atom. The summed E-state index contributed by atoms with van der Waals surface area (Å²) < 4.78 is 6.75. The Kier molecular flexibility index (Phi) is 7.43. The largest absolute Gasteiger partial charge is 0.481 e. The second-order valence-electron chi connectivity index (χ2n) is 2.75. The minimum Gasteiger partial charge on any atom is -0.481 e. The van der Waals surface area contributed by atoms with Gasteiger partial charge in [0, 0.05) is 12.8 Å². The third-order valence-corrected chi connectivity index (χ3v) is 1.73. The van der Waals surface area contributed by atoms with E-state index < -0.39 is 11.9 Å². The molecule has 6 nitrogen and oxygen atoms in total. The molecule has 0 bridgehead atoms. The zero-order chi connectivity index (χ0) is 11.7. The van der Waals surface area contributed by atoms with Gasteiger partial charge in [0.1, 0.15) is 0 Å². The summed E-state index contributed by atoms with van der Waals surface area (Å²) in [6.45, 7) is 0.0631. The number of rotatable bonds is 7. The molecule has 0 radical (unpaired) electrons. The molecule has 2 N–H and O–H groups in total. The first-order valence-electron chi connectivity index (χ1n) is 4.36. The van der Waals surface area contributed by atoms with Crippen molar-refractivity contribution in [3.05, 3.63) is 0 Å². The summed E-state index contributed by atoms with van der Waals surface area (Å²) in [5.74, 6) is -1.81. The highest BCUT2D eigenvalue weighted by atomic mass is 32.1. The predicted molar refractivity (Wildman–Crippen MR) is 54.2 cm³/mol. The van der Waals surface area contributed by atoms with Gasteiger partial charge in [-0.15, -0.1) is 0 Å². The summed E-state index contributed by atoms with van der Waals surface area (Å²) in [6, 6.07) is 0. The maximum absolute atomic E-state index is 10.9. The second-order valence-corrected chi connectivity index (χ2v) is 2.98. The molecule has 0 atom stereocenters. The van der Waals surface area contributed by atoms with Crippen LogP contribution in [0.1, 0.15) is 25.7 Å². The molecule has 15 heavy (non-hydrogen) atoms. The topological polar surface area (TPSA) is 92.7 Å². The number of carbonyl (C=O) groups is 3. The maximum Gasteiger partial charge on any atom is 0.306 e. The molecular formula is C8H13NO5S. The fourth-order valence-corrected chi connectivity index (χ4v) is 0.865. The number of amides is 1. The van der Waals surface area contributed by atoms with Crippen molar-refractivity contribution < 1.29 is 24.2 Å². The quantitative estimate of drug-likeness (QED) is 0.331. The average molecular weight is 235 g/mol. The van der Waals surface area contributed by atoms with Crippen LogP contribution in [-0.2, 0) is 19.1 Å². The highest BCUT2D eigenvalue weighted by molar-refractivity contribution is 7.78. The van der Waals surface area contributed by atoms with Crippen LogP contribution in [0.15, 0.2) is 0 Å². The lowest BCUT2D eigenvalue weighted by molar-refractivity contribution is -0.146. The van der Waals surface area contributed by atoms with Crippen LogP contribution in [0, 0.1) is 0 Å². The first-order valence-corrected chi connectivity index (χ1v) is 4.81. The highest BCUT2D eigenvalue weighted by Gasteiger charge is 2.06. The molecule has 0 rings (SSSR count). The number of esters is 1. The van der Waals surface area contributed by atoms with Gasteiger partial charge in [-0.2, -0.15) is 0 Å². The Morgan fingerprint density at radius 2 is 1.87 bits per heavy atom. The number of hydrogen-bond acceptors (Lipinski definition) is 5. The average Bonchev–Trinajstić information content (AvgIpc) is 2.20. The molecule has 0 aliphatic carbocycles. The maximum atomic E-state index is 10.9. The van der Waals surface area contributed by atoms with Gasteiger partial charge in [0.15, 0.2) is 0 Å². The van der Waals surface area contributed by atoms with Crippen molar-refractivity contribution in [2.24, 2.45) is 0 Å². The minimum absolute atomic E-state index is 0.0151. The van der Waals surface area contributed by atoms with Crippen molar-refractivity contribution in [3.63, 3.8) is 0 Å². The number of nitrogens with one attached hydrogen (secondary N) is 1. The molecule has 1 amide bonds. The van der Waals surface area contributed by atoms with Crippen molar-refractivity contribution >= 4 is 30.7 Å². The fraction of sp³-hybridized carbons (Fsp3) is 0.625. The number of thiol groups is 1. The van der Waals surface area contributed by atoms with E-state index in [1.54, 1.807) is 0 Å². The standard InChI is InChI=1S/C8H13NO5S/c10-6(9-15)3-4-8(13)14-5-1-2-7(11)12/h15H,1-5H2,(H,9,10)(H,11,12). The number of aliphatic carboxylic acids is 1. The third kappa shape index (κ3) is 9.07. The number of ether oxygens (including phenoxy) is 1. The van der Waals surface area contributed by atoms with E-state index >= 15 is 0 Å². The van der Waals surface area contributed by atoms with E-state index in [4.69, 9.17) is 5.11 Å². The lowest BCUT2D eigenvalue weighted by Gasteiger charge is -2.02. The smallest absolute Gasteiger partial charge is 0.306 e. The SMILES string of the molecule is O=C(O)CCCOC(=O)CCC(=O)NS. The van der Waals surface area contributed by atoms with E-state index in [1.807, 2.05) is 0 Å². The molecule has 0 unspecified atom stereocenters. The molecule has 0 aromatic carbocycles. The Bertz CT molecular complexity index is 243. The minimum atomic E-state index is -0.930.